The lowest BCUT2D eigenvalue weighted by atomic mass is 10.0. The third-order valence-electron chi connectivity index (χ3n) is 3.75. The first kappa shape index (κ1) is 15.2. The molecule has 3 rings (SSSR count). The molecular weight excluding hydrogens is 323 g/mol. The molecule has 0 radical (unpaired) electrons. The normalized spacial score (nSPS) is 18.3. The third kappa shape index (κ3) is 3.36. The summed E-state index contributed by atoms with van der Waals surface area (Å²) in [4.78, 5) is 14.3. The Labute approximate surface area is 138 Å². The minimum absolute atomic E-state index is 0.0799. The zero-order chi connectivity index (χ0) is 15.5. The molecule has 0 saturated carbocycles. The fourth-order valence-corrected chi connectivity index (χ4v) is 3.22. The second-order valence-electron chi connectivity index (χ2n) is 5.32. The van der Waals surface area contributed by atoms with Gasteiger partial charge in [0.2, 0.25) is 0 Å². The summed E-state index contributed by atoms with van der Waals surface area (Å²) in [5.41, 5.74) is 1.42. The molecule has 2 N–H and O–H groups in total. The number of hydrogen-bond acceptors (Lipinski definition) is 3. The van der Waals surface area contributed by atoms with Crippen molar-refractivity contribution >= 4 is 34.8 Å². The van der Waals surface area contributed by atoms with Crippen molar-refractivity contribution in [3.8, 4) is 0 Å². The van der Waals surface area contributed by atoms with Crippen LogP contribution in [0.15, 0.2) is 30.5 Å². The van der Waals surface area contributed by atoms with Gasteiger partial charge in [-0.2, -0.15) is 5.10 Å². The van der Waals surface area contributed by atoms with E-state index in [0.717, 1.165) is 31.6 Å². The topological polar surface area (TPSA) is 61.0 Å². The molecule has 2 heterocycles. The summed E-state index contributed by atoms with van der Waals surface area (Å²) in [5, 5.41) is 10.7. The number of rotatable bonds is 3. The molecule has 1 amide bonds. The minimum Gasteiger partial charge on any atom is -0.368 e. The Kier molecular flexibility index (Phi) is 4.55. The van der Waals surface area contributed by atoms with Crippen LogP contribution in [0.5, 0.6) is 0 Å². The Morgan fingerprint density at radius 2 is 2.23 bits per heavy atom. The van der Waals surface area contributed by atoms with Gasteiger partial charge in [-0.15, -0.1) is 0 Å². The van der Waals surface area contributed by atoms with Crippen molar-refractivity contribution in [2.24, 2.45) is 0 Å². The van der Waals surface area contributed by atoms with E-state index < -0.39 is 0 Å². The molecule has 1 fully saturated rings. The number of H-pyrrole nitrogens is 1. The van der Waals surface area contributed by atoms with Gasteiger partial charge >= 0.3 is 0 Å². The molecule has 1 aliphatic heterocycles. The number of hydrogen-bond donors (Lipinski definition) is 2. The molecule has 0 aliphatic carbocycles. The number of halogens is 2. The van der Waals surface area contributed by atoms with Crippen LogP contribution in [-0.2, 0) is 0 Å². The van der Waals surface area contributed by atoms with Gasteiger partial charge < -0.3 is 10.2 Å². The fraction of sp³-hybridized carbons (Fsp3) is 0.333. The summed E-state index contributed by atoms with van der Waals surface area (Å²) in [7, 11) is 0. The zero-order valence-electron chi connectivity index (χ0n) is 11.9. The standard InChI is InChI=1S/C15H16Cl2N4O/c16-10-3-4-14(12(17)8-10)21-7-1-2-11(9-21)19-15(22)13-5-6-18-20-13/h3-6,8,11H,1-2,7,9H2,(H,18,20)(H,19,22). The number of amides is 1. The zero-order valence-corrected chi connectivity index (χ0v) is 13.4. The van der Waals surface area contributed by atoms with Gasteiger partial charge in [0, 0.05) is 30.4 Å². The number of piperidine rings is 1. The summed E-state index contributed by atoms with van der Waals surface area (Å²) >= 11 is 12.2. The predicted molar refractivity (Wildman–Crippen MR) is 87.8 cm³/mol. The van der Waals surface area contributed by atoms with E-state index in [9.17, 15) is 4.79 Å². The first-order chi connectivity index (χ1) is 10.6. The molecule has 1 aromatic heterocycles. The molecule has 1 atom stereocenters. The highest BCUT2D eigenvalue weighted by Crippen LogP contribution is 2.30. The second kappa shape index (κ2) is 6.58. The van der Waals surface area contributed by atoms with E-state index in [2.05, 4.69) is 20.4 Å². The Hall–Kier alpha value is -1.72. The summed E-state index contributed by atoms with van der Waals surface area (Å²) in [6.07, 6.45) is 3.50. The highest BCUT2D eigenvalue weighted by atomic mass is 35.5. The average Bonchev–Trinajstić information content (AvgIpc) is 3.02. The van der Waals surface area contributed by atoms with Crippen molar-refractivity contribution in [2.45, 2.75) is 18.9 Å². The van der Waals surface area contributed by atoms with Crippen molar-refractivity contribution in [2.75, 3.05) is 18.0 Å². The Morgan fingerprint density at radius 1 is 1.36 bits per heavy atom. The molecule has 2 aromatic rings. The smallest absolute Gasteiger partial charge is 0.269 e. The van der Waals surface area contributed by atoms with Crippen molar-refractivity contribution in [3.63, 3.8) is 0 Å². The fourth-order valence-electron chi connectivity index (χ4n) is 2.70. The number of benzene rings is 1. The maximum absolute atomic E-state index is 12.1. The number of aromatic nitrogens is 2. The second-order valence-corrected chi connectivity index (χ2v) is 6.17. The SMILES string of the molecule is O=C(NC1CCCN(c2ccc(Cl)cc2Cl)C1)c1ccn[nH]1. The van der Waals surface area contributed by atoms with Crippen LogP contribution in [0.1, 0.15) is 23.3 Å². The molecule has 7 heteroatoms. The molecule has 0 spiro atoms. The van der Waals surface area contributed by atoms with Crippen LogP contribution in [-0.4, -0.2) is 35.2 Å². The molecule has 1 saturated heterocycles. The number of nitrogens with zero attached hydrogens (tertiary/aromatic N) is 2. The highest BCUT2D eigenvalue weighted by Gasteiger charge is 2.23. The Bertz CT molecular complexity index is 660. The van der Waals surface area contributed by atoms with E-state index >= 15 is 0 Å². The molecule has 5 nitrogen and oxygen atoms in total. The monoisotopic (exact) mass is 338 g/mol. The molecule has 1 aliphatic rings. The number of aromatic amines is 1. The van der Waals surface area contributed by atoms with Gasteiger partial charge in [-0.1, -0.05) is 23.2 Å². The summed E-state index contributed by atoms with van der Waals surface area (Å²) in [6, 6.07) is 7.23. The molecule has 116 valence electrons. The van der Waals surface area contributed by atoms with Crippen LogP contribution in [0.2, 0.25) is 10.0 Å². The lowest BCUT2D eigenvalue weighted by molar-refractivity contribution is 0.0928. The molecule has 1 aromatic carbocycles. The minimum atomic E-state index is -0.133. The van der Waals surface area contributed by atoms with Gasteiger partial charge in [0.15, 0.2) is 0 Å². The highest BCUT2D eigenvalue weighted by molar-refractivity contribution is 6.36. The summed E-state index contributed by atoms with van der Waals surface area (Å²) < 4.78 is 0. The van der Waals surface area contributed by atoms with Crippen LogP contribution in [0, 0.1) is 0 Å². The molecule has 22 heavy (non-hydrogen) atoms. The van der Waals surface area contributed by atoms with E-state index in [1.807, 2.05) is 12.1 Å². The molecular formula is C15H16Cl2N4O. The van der Waals surface area contributed by atoms with Crippen molar-refractivity contribution < 1.29 is 4.79 Å². The van der Waals surface area contributed by atoms with Gasteiger partial charge in [0.1, 0.15) is 5.69 Å². The van der Waals surface area contributed by atoms with E-state index in [1.165, 1.54) is 0 Å². The summed E-state index contributed by atoms with van der Waals surface area (Å²) in [6.45, 7) is 1.64. The van der Waals surface area contributed by atoms with Crippen LogP contribution in [0.3, 0.4) is 0 Å². The lowest BCUT2D eigenvalue weighted by Crippen LogP contribution is -2.48. The maximum atomic E-state index is 12.1. The predicted octanol–water partition coefficient (Wildman–Crippen LogP) is 3.12. The van der Waals surface area contributed by atoms with Crippen molar-refractivity contribution in [3.05, 3.63) is 46.2 Å². The average molecular weight is 339 g/mol. The van der Waals surface area contributed by atoms with Crippen LogP contribution < -0.4 is 10.2 Å². The quantitative estimate of drug-likeness (QED) is 0.903. The number of anilines is 1. The van der Waals surface area contributed by atoms with Crippen LogP contribution >= 0.6 is 23.2 Å². The van der Waals surface area contributed by atoms with Gasteiger partial charge in [-0.25, -0.2) is 0 Å². The van der Waals surface area contributed by atoms with E-state index in [4.69, 9.17) is 23.2 Å². The van der Waals surface area contributed by atoms with E-state index in [0.29, 0.717) is 15.7 Å². The lowest BCUT2D eigenvalue weighted by Gasteiger charge is -2.35. The summed E-state index contributed by atoms with van der Waals surface area (Å²) in [5.74, 6) is -0.133. The van der Waals surface area contributed by atoms with Crippen molar-refractivity contribution in [1.29, 1.82) is 0 Å². The van der Waals surface area contributed by atoms with Gasteiger partial charge in [-0.05, 0) is 37.1 Å². The maximum Gasteiger partial charge on any atom is 0.269 e. The van der Waals surface area contributed by atoms with Gasteiger partial charge in [0.25, 0.3) is 5.91 Å². The van der Waals surface area contributed by atoms with Crippen LogP contribution in [0.4, 0.5) is 5.69 Å². The largest absolute Gasteiger partial charge is 0.368 e. The Morgan fingerprint density at radius 3 is 2.95 bits per heavy atom. The molecule has 1 unspecified atom stereocenters. The first-order valence-electron chi connectivity index (χ1n) is 7.14. The van der Waals surface area contributed by atoms with Crippen molar-refractivity contribution in [1.82, 2.24) is 15.5 Å². The van der Waals surface area contributed by atoms with Gasteiger partial charge in [0.05, 0.1) is 10.7 Å². The van der Waals surface area contributed by atoms with E-state index in [1.54, 1.807) is 18.3 Å². The number of carbonyl (C=O) groups excluding carboxylic acids is 1. The number of carbonyl (C=O) groups is 1. The van der Waals surface area contributed by atoms with Gasteiger partial charge in [-0.3, -0.25) is 9.89 Å². The third-order valence-corrected chi connectivity index (χ3v) is 4.29. The van der Waals surface area contributed by atoms with Crippen LogP contribution in [0.25, 0.3) is 0 Å². The molecule has 0 bridgehead atoms. The first-order valence-corrected chi connectivity index (χ1v) is 7.89. The number of nitrogens with one attached hydrogen (secondary N) is 2. The van der Waals surface area contributed by atoms with E-state index in [-0.39, 0.29) is 11.9 Å². The Balaban J connectivity index is 1.67.